The van der Waals surface area contributed by atoms with Gasteiger partial charge in [0.05, 0.1) is 6.54 Å². The van der Waals surface area contributed by atoms with Crippen molar-refractivity contribution in [2.45, 2.75) is 38.6 Å². The molecular weight excluding hydrogens is 332 g/mol. The molecule has 2 rings (SSSR count). The van der Waals surface area contributed by atoms with E-state index in [1.807, 2.05) is 11.8 Å². The minimum atomic E-state index is 0.700. The van der Waals surface area contributed by atoms with Gasteiger partial charge in [-0.15, -0.1) is 22.0 Å². The number of nitrogens with one attached hydrogen (secondary N) is 2. The molecule has 0 saturated carbocycles. The van der Waals surface area contributed by atoms with Crippen LogP contribution in [0.25, 0.3) is 0 Å². The highest BCUT2D eigenvalue weighted by atomic mass is 32.2. The van der Waals surface area contributed by atoms with Crippen LogP contribution in [0.3, 0.4) is 0 Å². The van der Waals surface area contributed by atoms with Gasteiger partial charge in [-0.25, -0.2) is 0 Å². The van der Waals surface area contributed by atoms with Crippen LogP contribution in [-0.4, -0.2) is 46.1 Å². The molecule has 0 aliphatic carbocycles. The molecule has 1 aromatic carbocycles. The number of aryl methyl sites for hydroxylation is 2. The number of hydrogen-bond donors (Lipinski definition) is 2. The second kappa shape index (κ2) is 10.8. The van der Waals surface area contributed by atoms with Crippen LogP contribution >= 0.6 is 11.8 Å². The van der Waals surface area contributed by atoms with Gasteiger partial charge in [0.1, 0.15) is 12.2 Å². The largest absolute Gasteiger partial charge is 0.357 e. The molecule has 0 amide bonds. The first-order chi connectivity index (χ1) is 12.2. The summed E-state index contributed by atoms with van der Waals surface area (Å²) >= 11 is 1.85. The van der Waals surface area contributed by atoms with Crippen LogP contribution in [-0.2, 0) is 13.0 Å². The lowest BCUT2D eigenvalue weighted by Gasteiger charge is -2.11. The molecule has 136 valence electrons. The average molecular weight is 361 g/mol. The maximum Gasteiger partial charge on any atom is 0.191 e. The third-order valence-electron chi connectivity index (χ3n) is 3.65. The van der Waals surface area contributed by atoms with Gasteiger partial charge in [0.2, 0.25) is 0 Å². The minimum Gasteiger partial charge on any atom is -0.357 e. The van der Waals surface area contributed by atoms with E-state index < -0.39 is 0 Å². The van der Waals surface area contributed by atoms with Crippen molar-refractivity contribution in [3.8, 4) is 0 Å². The molecule has 0 saturated heterocycles. The van der Waals surface area contributed by atoms with Crippen molar-refractivity contribution in [1.29, 1.82) is 0 Å². The number of guanidine groups is 1. The van der Waals surface area contributed by atoms with E-state index in [1.165, 1.54) is 10.5 Å². The van der Waals surface area contributed by atoms with E-state index in [9.17, 15) is 0 Å². The van der Waals surface area contributed by atoms with Crippen molar-refractivity contribution in [1.82, 2.24) is 25.4 Å². The van der Waals surface area contributed by atoms with E-state index in [2.05, 4.69) is 75.4 Å². The second-order valence-electron chi connectivity index (χ2n) is 5.64. The van der Waals surface area contributed by atoms with Crippen LogP contribution in [0.15, 0.2) is 40.5 Å². The van der Waals surface area contributed by atoms with Gasteiger partial charge in [0.25, 0.3) is 0 Å². The highest BCUT2D eigenvalue weighted by molar-refractivity contribution is 7.99. The molecule has 0 fully saturated rings. The Balaban J connectivity index is 1.74. The average Bonchev–Trinajstić information content (AvgIpc) is 3.07. The van der Waals surface area contributed by atoms with Gasteiger partial charge in [-0.2, -0.15) is 0 Å². The highest BCUT2D eigenvalue weighted by Gasteiger charge is 2.01. The van der Waals surface area contributed by atoms with Crippen LogP contribution < -0.4 is 10.6 Å². The molecule has 7 heteroatoms. The van der Waals surface area contributed by atoms with E-state index in [0.717, 1.165) is 43.6 Å². The molecule has 0 radical (unpaired) electrons. The Morgan fingerprint density at radius 2 is 2.00 bits per heavy atom. The van der Waals surface area contributed by atoms with Gasteiger partial charge < -0.3 is 15.2 Å². The predicted octanol–water partition coefficient (Wildman–Crippen LogP) is 2.50. The second-order valence-corrected chi connectivity index (χ2v) is 6.81. The first-order valence-electron chi connectivity index (χ1n) is 8.81. The fourth-order valence-electron chi connectivity index (χ4n) is 2.32. The Kier molecular flexibility index (Phi) is 8.31. The van der Waals surface area contributed by atoms with Crippen LogP contribution in [0.1, 0.15) is 25.2 Å². The van der Waals surface area contributed by atoms with E-state index in [1.54, 1.807) is 6.33 Å². The molecule has 25 heavy (non-hydrogen) atoms. The number of aliphatic imine (C=N–C) groups is 1. The summed E-state index contributed by atoms with van der Waals surface area (Å²) in [5, 5.41) is 14.7. The molecule has 0 unspecified atom stereocenters. The van der Waals surface area contributed by atoms with Crippen molar-refractivity contribution in [2.24, 2.45) is 4.99 Å². The van der Waals surface area contributed by atoms with Gasteiger partial charge in [-0.05, 0) is 26.0 Å². The van der Waals surface area contributed by atoms with Crippen molar-refractivity contribution >= 4 is 17.7 Å². The smallest absolute Gasteiger partial charge is 0.191 e. The molecule has 0 atom stereocenters. The molecule has 6 nitrogen and oxygen atoms in total. The van der Waals surface area contributed by atoms with Gasteiger partial charge >= 0.3 is 0 Å². The number of thioether (sulfide) groups is 1. The van der Waals surface area contributed by atoms with E-state index in [0.29, 0.717) is 6.54 Å². The van der Waals surface area contributed by atoms with Crippen LogP contribution in [0.2, 0.25) is 0 Å². The van der Waals surface area contributed by atoms with Crippen molar-refractivity contribution in [3.05, 3.63) is 42.0 Å². The van der Waals surface area contributed by atoms with Crippen molar-refractivity contribution in [2.75, 3.05) is 25.4 Å². The molecule has 0 spiro atoms. The zero-order valence-corrected chi connectivity index (χ0v) is 16.1. The summed E-state index contributed by atoms with van der Waals surface area (Å²) in [5.74, 6) is 2.86. The Hall–Kier alpha value is -2.02. The lowest BCUT2D eigenvalue weighted by Crippen LogP contribution is -2.38. The standard InChI is InChI=1S/C18H28N6S/c1-4-17-23-22-14-24(17)12-10-20-18(19-5-2)21-11-13-25-16-8-6-15(3)7-9-16/h6-9,14H,4-5,10-13H2,1-3H3,(H2,19,20,21). The zero-order valence-electron chi connectivity index (χ0n) is 15.3. The lowest BCUT2D eigenvalue weighted by atomic mass is 10.2. The predicted molar refractivity (Wildman–Crippen MR) is 105 cm³/mol. The molecular formula is C18H28N6S. The third kappa shape index (κ3) is 6.78. The lowest BCUT2D eigenvalue weighted by molar-refractivity contribution is 0.662. The Bertz CT molecular complexity index is 650. The molecule has 1 heterocycles. The fourth-order valence-corrected chi connectivity index (χ4v) is 3.09. The van der Waals surface area contributed by atoms with Crippen molar-refractivity contribution in [3.63, 3.8) is 0 Å². The Morgan fingerprint density at radius 3 is 2.72 bits per heavy atom. The molecule has 1 aromatic heterocycles. The quantitative estimate of drug-likeness (QED) is 0.311. The summed E-state index contributed by atoms with van der Waals surface area (Å²) < 4.78 is 2.06. The summed E-state index contributed by atoms with van der Waals surface area (Å²) in [6.45, 7) is 9.49. The van der Waals surface area contributed by atoms with Crippen LogP contribution in [0.4, 0.5) is 0 Å². The molecule has 0 aliphatic heterocycles. The minimum absolute atomic E-state index is 0.700. The molecule has 2 N–H and O–H groups in total. The van der Waals surface area contributed by atoms with Gasteiger partial charge in [-0.1, -0.05) is 24.6 Å². The molecule has 0 bridgehead atoms. The summed E-state index contributed by atoms with van der Waals surface area (Å²) in [5.41, 5.74) is 1.29. The summed E-state index contributed by atoms with van der Waals surface area (Å²) in [7, 11) is 0. The van der Waals surface area contributed by atoms with Crippen LogP contribution in [0, 0.1) is 6.92 Å². The summed E-state index contributed by atoms with van der Waals surface area (Å²) in [4.78, 5) is 5.93. The summed E-state index contributed by atoms with van der Waals surface area (Å²) in [6.07, 6.45) is 2.66. The number of benzene rings is 1. The topological polar surface area (TPSA) is 67.1 Å². The van der Waals surface area contributed by atoms with E-state index in [4.69, 9.17) is 0 Å². The number of aromatic nitrogens is 3. The monoisotopic (exact) mass is 360 g/mol. The normalized spacial score (nSPS) is 11.6. The number of rotatable bonds is 9. The maximum atomic E-state index is 4.63. The maximum absolute atomic E-state index is 4.63. The first kappa shape index (κ1) is 19.3. The Labute approximate surface area is 154 Å². The molecule has 0 aliphatic rings. The number of hydrogen-bond acceptors (Lipinski definition) is 4. The van der Waals surface area contributed by atoms with Crippen molar-refractivity contribution < 1.29 is 0 Å². The third-order valence-corrected chi connectivity index (χ3v) is 4.66. The van der Waals surface area contributed by atoms with Crippen LogP contribution in [0.5, 0.6) is 0 Å². The highest BCUT2D eigenvalue weighted by Crippen LogP contribution is 2.17. The fraction of sp³-hybridized carbons (Fsp3) is 0.500. The summed E-state index contributed by atoms with van der Waals surface area (Å²) in [6, 6.07) is 8.64. The van der Waals surface area contributed by atoms with Gasteiger partial charge in [0.15, 0.2) is 5.96 Å². The molecule has 2 aromatic rings. The first-order valence-corrected chi connectivity index (χ1v) is 9.79. The number of nitrogens with zero attached hydrogens (tertiary/aromatic N) is 4. The van der Waals surface area contributed by atoms with E-state index in [-0.39, 0.29) is 0 Å². The van der Waals surface area contributed by atoms with Gasteiger partial charge in [-0.3, -0.25) is 4.99 Å². The Morgan fingerprint density at radius 1 is 1.20 bits per heavy atom. The van der Waals surface area contributed by atoms with Gasteiger partial charge in [0, 0.05) is 36.7 Å². The SMILES string of the molecule is CCNC(=NCCn1cnnc1CC)NCCSc1ccc(C)cc1. The van der Waals surface area contributed by atoms with E-state index >= 15 is 0 Å². The zero-order chi connectivity index (χ0) is 17.9.